The monoisotopic (exact) mass is 229 g/mol. The minimum absolute atomic E-state index is 0.00919. The zero-order valence-electron chi connectivity index (χ0n) is 6.54. The quantitative estimate of drug-likeness (QED) is 0.842. The zero-order chi connectivity index (χ0) is 9.14. The Hall–Kier alpha value is -0.900. The number of aliphatic carboxylic acids is 1. The SMILES string of the molecule is Cc1cncc(CC(=O)O)c1Br. The molecule has 0 saturated carbocycles. The van der Waals surface area contributed by atoms with Gasteiger partial charge in [-0.25, -0.2) is 0 Å². The first-order valence-corrected chi connectivity index (χ1v) is 4.21. The number of carboxylic acids is 1. The molecule has 1 aromatic heterocycles. The maximum atomic E-state index is 10.4. The Balaban J connectivity index is 3.00. The smallest absolute Gasteiger partial charge is 0.307 e. The fourth-order valence-corrected chi connectivity index (χ4v) is 1.24. The first kappa shape index (κ1) is 9.19. The van der Waals surface area contributed by atoms with Gasteiger partial charge >= 0.3 is 5.97 Å². The first-order chi connectivity index (χ1) is 5.61. The molecule has 0 saturated heterocycles. The molecule has 0 amide bonds. The summed E-state index contributed by atoms with van der Waals surface area (Å²) in [4.78, 5) is 14.3. The van der Waals surface area contributed by atoms with Crippen molar-refractivity contribution in [2.45, 2.75) is 13.3 Å². The average molecular weight is 230 g/mol. The van der Waals surface area contributed by atoms with Gasteiger partial charge in [0.1, 0.15) is 0 Å². The third-order valence-electron chi connectivity index (χ3n) is 1.47. The average Bonchev–Trinajstić information content (AvgIpc) is 1.98. The Morgan fingerprint density at radius 2 is 2.33 bits per heavy atom. The number of hydrogen-bond donors (Lipinski definition) is 1. The molecule has 64 valence electrons. The Kier molecular flexibility index (Phi) is 2.81. The Morgan fingerprint density at radius 1 is 1.67 bits per heavy atom. The molecule has 1 aromatic rings. The lowest BCUT2D eigenvalue weighted by atomic mass is 10.2. The zero-order valence-corrected chi connectivity index (χ0v) is 8.13. The van der Waals surface area contributed by atoms with E-state index in [9.17, 15) is 4.79 Å². The van der Waals surface area contributed by atoms with Crippen LogP contribution in [-0.2, 0) is 11.2 Å². The predicted octanol–water partition coefficient (Wildman–Crippen LogP) is 1.78. The van der Waals surface area contributed by atoms with E-state index in [1.165, 1.54) is 0 Å². The topological polar surface area (TPSA) is 50.2 Å². The molecule has 0 bridgehead atoms. The van der Waals surface area contributed by atoms with E-state index in [1.54, 1.807) is 12.4 Å². The normalized spacial score (nSPS) is 9.83. The molecule has 1 heterocycles. The highest BCUT2D eigenvalue weighted by Crippen LogP contribution is 2.19. The fourth-order valence-electron chi connectivity index (χ4n) is 0.892. The number of rotatable bonds is 2. The van der Waals surface area contributed by atoms with E-state index in [-0.39, 0.29) is 6.42 Å². The summed E-state index contributed by atoms with van der Waals surface area (Å²) in [5.41, 5.74) is 1.66. The molecular weight excluding hydrogens is 222 g/mol. The van der Waals surface area contributed by atoms with Gasteiger partial charge in [0.15, 0.2) is 0 Å². The highest BCUT2D eigenvalue weighted by molar-refractivity contribution is 9.10. The summed E-state index contributed by atoms with van der Waals surface area (Å²) >= 11 is 3.31. The standard InChI is InChI=1S/C8H8BrNO2/c1-5-3-10-4-6(8(5)9)2-7(11)12/h3-4H,2H2,1H3,(H,11,12). The summed E-state index contributed by atoms with van der Waals surface area (Å²) in [7, 11) is 0. The van der Waals surface area contributed by atoms with E-state index in [0.717, 1.165) is 10.0 Å². The highest BCUT2D eigenvalue weighted by atomic mass is 79.9. The molecule has 0 aliphatic rings. The number of carbonyl (C=O) groups is 1. The van der Waals surface area contributed by atoms with Crippen molar-refractivity contribution in [3.63, 3.8) is 0 Å². The van der Waals surface area contributed by atoms with Crippen molar-refractivity contribution in [2.75, 3.05) is 0 Å². The number of hydrogen-bond acceptors (Lipinski definition) is 2. The van der Waals surface area contributed by atoms with Gasteiger partial charge in [-0.1, -0.05) is 15.9 Å². The van der Waals surface area contributed by atoms with Gasteiger partial charge in [0.25, 0.3) is 0 Å². The summed E-state index contributed by atoms with van der Waals surface area (Å²) in [6.45, 7) is 1.88. The number of halogens is 1. The Labute approximate surface area is 78.6 Å². The van der Waals surface area contributed by atoms with Crippen molar-refractivity contribution < 1.29 is 9.90 Å². The second-order valence-corrected chi connectivity index (χ2v) is 3.29. The molecule has 12 heavy (non-hydrogen) atoms. The maximum Gasteiger partial charge on any atom is 0.307 e. The highest BCUT2D eigenvalue weighted by Gasteiger charge is 2.06. The lowest BCUT2D eigenvalue weighted by Crippen LogP contribution is -2.02. The minimum Gasteiger partial charge on any atom is -0.481 e. The Morgan fingerprint density at radius 3 is 2.92 bits per heavy atom. The third-order valence-corrected chi connectivity index (χ3v) is 2.60. The van der Waals surface area contributed by atoms with Crippen molar-refractivity contribution in [1.29, 1.82) is 0 Å². The molecule has 1 N–H and O–H groups in total. The Bertz CT molecular complexity index is 312. The summed E-state index contributed by atoms with van der Waals surface area (Å²) in [5, 5.41) is 8.53. The van der Waals surface area contributed by atoms with Crippen molar-refractivity contribution in [1.82, 2.24) is 4.98 Å². The molecule has 0 unspecified atom stereocenters. The number of nitrogens with zero attached hydrogens (tertiary/aromatic N) is 1. The summed E-state index contributed by atoms with van der Waals surface area (Å²) in [6.07, 6.45) is 3.26. The van der Waals surface area contributed by atoms with Crippen LogP contribution in [0.15, 0.2) is 16.9 Å². The van der Waals surface area contributed by atoms with Crippen LogP contribution in [-0.4, -0.2) is 16.1 Å². The summed E-state index contributed by atoms with van der Waals surface area (Å²) in [6, 6.07) is 0. The second-order valence-electron chi connectivity index (χ2n) is 2.50. The summed E-state index contributed by atoms with van der Waals surface area (Å²) in [5.74, 6) is -0.844. The van der Waals surface area contributed by atoms with Crippen LogP contribution in [0.3, 0.4) is 0 Å². The van der Waals surface area contributed by atoms with Crippen LogP contribution in [0, 0.1) is 6.92 Å². The molecular formula is C8H8BrNO2. The predicted molar refractivity (Wildman–Crippen MR) is 48.0 cm³/mol. The van der Waals surface area contributed by atoms with Crippen LogP contribution in [0.2, 0.25) is 0 Å². The summed E-state index contributed by atoms with van der Waals surface area (Å²) < 4.78 is 0.833. The molecule has 4 heteroatoms. The van der Waals surface area contributed by atoms with Crippen molar-refractivity contribution in [2.24, 2.45) is 0 Å². The number of carboxylic acid groups (broad SMARTS) is 1. The number of aromatic nitrogens is 1. The van der Waals surface area contributed by atoms with Crippen molar-refractivity contribution in [3.05, 3.63) is 28.0 Å². The molecule has 0 fully saturated rings. The van der Waals surface area contributed by atoms with E-state index in [0.29, 0.717) is 5.56 Å². The molecule has 0 aliphatic carbocycles. The molecule has 0 aromatic carbocycles. The second kappa shape index (κ2) is 3.67. The van der Waals surface area contributed by atoms with Crippen LogP contribution in [0.25, 0.3) is 0 Å². The van der Waals surface area contributed by atoms with E-state index < -0.39 is 5.97 Å². The van der Waals surface area contributed by atoms with Gasteiger partial charge in [-0.15, -0.1) is 0 Å². The van der Waals surface area contributed by atoms with E-state index in [2.05, 4.69) is 20.9 Å². The lowest BCUT2D eigenvalue weighted by Gasteiger charge is -2.02. The molecule has 0 atom stereocenters. The lowest BCUT2D eigenvalue weighted by molar-refractivity contribution is -0.136. The van der Waals surface area contributed by atoms with Gasteiger partial charge < -0.3 is 5.11 Å². The van der Waals surface area contributed by atoms with Crippen LogP contribution in [0.5, 0.6) is 0 Å². The van der Waals surface area contributed by atoms with Crippen LogP contribution >= 0.6 is 15.9 Å². The van der Waals surface area contributed by atoms with Gasteiger partial charge in [-0.05, 0) is 18.1 Å². The van der Waals surface area contributed by atoms with Gasteiger partial charge in [-0.3, -0.25) is 9.78 Å². The minimum atomic E-state index is -0.844. The molecule has 1 rings (SSSR count). The molecule has 0 radical (unpaired) electrons. The molecule has 0 spiro atoms. The third kappa shape index (κ3) is 2.04. The van der Waals surface area contributed by atoms with Gasteiger partial charge in [0.2, 0.25) is 0 Å². The van der Waals surface area contributed by atoms with Crippen LogP contribution in [0.1, 0.15) is 11.1 Å². The number of aryl methyl sites for hydroxylation is 1. The van der Waals surface area contributed by atoms with E-state index >= 15 is 0 Å². The molecule has 0 aliphatic heterocycles. The van der Waals surface area contributed by atoms with Gasteiger partial charge in [-0.2, -0.15) is 0 Å². The molecule has 3 nitrogen and oxygen atoms in total. The number of pyridine rings is 1. The van der Waals surface area contributed by atoms with E-state index in [4.69, 9.17) is 5.11 Å². The first-order valence-electron chi connectivity index (χ1n) is 3.42. The maximum absolute atomic E-state index is 10.4. The van der Waals surface area contributed by atoms with Crippen LogP contribution in [0.4, 0.5) is 0 Å². The van der Waals surface area contributed by atoms with Gasteiger partial charge in [0.05, 0.1) is 6.42 Å². The van der Waals surface area contributed by atoms with Crippen molar-refractivity contribution in [3.8, 4) is 0 Å². The van der Waals surface area contributed by atoms with Crippen LogP contribution < -0.4 is 0 Å². The van der Waals surface area contributed by atoms with Crippen molar-refractivity contribution >= 4 is 21.9 Å². The van der Waals surface area contributed by atoms with Gasteiger partial charge in [0, 0.05) is 16.9 Å². The fraction of sp³-hybridized carbons (Fsp3) is 0.250. The largest absolute Gasteiger partial charge is 0.481 e. The van der Waals surface area contributed by atoms with E-state index in [1.807, 2.05) is 6.92 Å².